The van der Waals surface area contributed by atoms with E-state index in [0.717, 1.165) is 4.88 Å². The van der Waals surface area contributed by atoms with Gasteiger partial charge in [-0.2, -0.15) is 4.57 Å². The van der Waals surface area contributed by atoms with Crippen LogP contribution in [0.5, 0.6) is 0 Å². The predicted molar refractivity (Wildman–Crippen MR) is 67.4 cm³/mol. The van der Waals surface area contributed by atoms with Gasteiger partial charge >= 0.3 is 0 Å². The molecule has 0 spiro atoms. The van der Waals surface area contributed by atoms with Crippen molar-refractivity contribution >= 4 is 28.5 Å². The van der Waals surface area contributed by atoms with Crippen LogP contribution in [-0.4, -0.2) is 5.78 Å². The Morgan fingerprint density at radius 2 is 2.06 bits per heavy atom. The molecule has 0 aliphatic heterocycles. The van der Waals surface area contributed by atoms with Crippen molar-refractivity contribution in [1.82, 2.24) is 0 Å². The number of hydrogen-bond acceptors (Lipinski definition) is 3. The van der Waals surface area contributed by atoms with Gasteiger partial charge in [-0.15, -0.1) is 11.3 Å². The zero-order valence-corrected chi connectivity index (χ0v) is 13.2. The van der Waals surface area contributed by atoms with Crippen LogP contribution in [0.3, 0.4) is 0 Å². The molecule has 0 saturated heterocycles. The molecule has 2 nitrogen and oxygen atoms in total. The number of halogens is 1. The second kappa shape index (κ2) is 5.89. The molecular formula is C12H14BrNOS2. The maximum absolute atomic E-state index is 12.0. The Morgan fingerprint density at radius 3 is 2.53 bits per heavy atom. The minimum atomic E-state index is 0. The van der Waals surface area contributed by atoms with Crippen molar-refractivity contribution in [3.05, 3.63) is 38.0 Å². The van der Waals surface area contributed by atoms with Gasteiger partial charge in [0.15, 0.2) is 5.69 Å². The molecule has 5 heteroatoms. The van der Waals surface area contributed by atoms with E-state index < -0.39 is 0 Å². The summed E-state index contributed by atoms with van der Waals surface area (Å²) in [6, 6.07) is 3.80. The van der Waals surface area contributed by atoms with E-state index in [1.807, 2.05) is 17.5 Å². The van der Waals surface area contributed by atoms with Crippen LogP contribution in [0.25, 0.3) is 0 Å². The second-order valence-electron chi connectivity index (χ2n) is 3.75. The first-order valence-corrected chi connectivity index (χ1v) is 6.82. The SMILES string of the molecule is Cc1sc(C)[n+](CC(=O)c2cccs2)c1C.[Br-]. The standard InChI is InChI=1S/C12H14NOS2.BrH/c1-8-9(2)16-10(3)13(8)7-11(14)12-5-4-6-15-12;/h4-6H,7H2,1-3H3;1H/q+1;/p-1. The minimum absolute atomic E-state index is 0. The first-order chi connectivity index (χ1) is 7.59. The number of aromatic nitrogens is 1. The quantitative estimate of drug-likeness (QED) is 0.569. The van der Waals surface area contributed by atoms with Crippen LogP contribution in [0.15, 0.2) is 17.5 Å². The normalized spacial score (nSPS) is 10.1. The van der Waals surface area contributed by atoms with Gasteiger partial charge in [0.05, 0.1) is 9.75 Å². The smallest absolute Gasteiger partial charge is 0.237 e. The van der Waals surface area contributed by atoms with E-state index in [2.05, 4.69) is 25.3 Å². The first kappa shape index (κ1) is 14.5. The molecular weight excluding hydrogens is 318 g/mol. The lowest BCUT2D eigenvalue weighted by Gasteiger charge is -1.95. The number of thiazole rings is 1. The fraction of sp³-hybridized carbons (Fsp3) is 0.333. The largest absolute Gasteiger partial charge is 1.00 e. The Bertz CT molecular complexity index is 517. The monoisotopic (exact) mass is 331 g/mol. The summed E-state index contributed by atoms with van der Waals surface area (Å²) < 4.78 is 2.10. The average molecular weight is 332 g/mol. The Morgan fingerprint density at radius 1 is 1.35 bits per heavy atom. The van der Waals surface area contributed by atoms with E-state index in [0.29, 0.717) is 6.54 Å². The Balaban J connectivity index is 0.00000144. The number of rotatable bonds is 3. The molecule has 0 aliphatic rings. The number of hydrogen-bond donors (Lipinski definition) is 0. The molecule has 0 N–H and O–H groups in total. The van der Waals surface area contributed by atoms with Gasteiger partial charge in [0.1, 0.15) is 0 Å². The topological polar surface area (TPSA) is 20.9 Å². The maximum Gasteiger partial charge on any atom is 0.237 e. The van der Waals surface area contributed by atoms with Crippen molar-refractivity contribution in [2.45, 2.75) is 27.3 Å². The van der Waals surface area contributed by atoms with Gasteiger partial charge in [-0.3, -0.25) is 4.79 Å². The zero-order chi connectivity index (χ0) is 11.7. The summed E-state index contributed by atoms with van der Waals surface area (Å²) in [5.74, 6) is 0.198. The molecule has 2 heterocycles. The minimum Gasteiger partial charge on any atom is -1.00 e. The third kappa shape index (κ3) is 3.03. The van der Waals surface area contributed by atoms with Gasteiger partial charge in [-0.25, -0.2) is 0 Å². The average Bonchev–Trinajstić information content (AvgIpc) is 2.83. The lowest BCUT2D eigenvalue weighted by Crippen LogP contribution is -3.00. The van der Waals surface area contributed by atoms with Crippen molar-refractivity contribution in [2.75, 3.05) is 0 Å². The molecule has 0 aliphatic carbocycles. The summed E-state index contributed by atoms with van der Waals surface area (Å²) in [5, 5.41) is 3.14. The van der Waals surface area contributed by atoms with Crippen LogP contribution >= 0.6 is 22.7 Å². The Hall–Kier alpha value is -0.520. The van der Waals surface area contributed by atoms with Crippen molar-refractivity contribution in [3.8, 4) is 0 Å². The summed E-state index contributed by atoms with van der Waals surface area (Å²) in [5.41, 5.74) is 1.20. The van der Waals surface area contributed by atoms with E-state index in [1.54, 1.807) is 11.3 Å². The van der Waals surface area contributed by atoms with Gasteiger partial charge in [-0.1, -0.05) is 17.4 Å². The summed E-state index contributed by atoms with van der Waals surface area (Å²) in [6.07, 6.45) is 0. The molecule has 0 unspecified atom stereocenters. The molecule has 17 heavy (non-hydrogen) atoms. The molecule has 0 saturated carbocycles. The number of carbonyl (C=O) groups excluding carboxylic acids is 1. The Labute approximate surface area is 120 Å². The van der Waals surface area contributed by atoms with E-state index in [9.17, 15) is 4.79 Å². The molecule has 0 fully saturated rings. The molecule has 2 aromatic rings. The third-order valence-corrected chi connectivity index (χ3v) is 4.72. The molecule has 0 amide bonds. The fourth-order valence-electron chi connectivity index (χ4n) is 1.67. The van der Waals surface area contributed by atoms with Gasteiger partial charge in [-0.05, 0) is 18.4 Å². The van der Waals surface area contributed by atoms with Crippen molar-refractivity contribution in [1.29, 1.82) is 0 Å². The van der Waals surface area contributed by atoms with Crippen LogP contribution in [0.1, 0.15) is 25.3 Å². The van der Waals surface area contributed by atoms with Crippen molar-refractivity contribution in [3.63, 3.8) is 0 Å². The van der Waals surface area contributed by atoms with Crippen molar-refractivity contribution in [2.24, 2.45) is 0 Å². The highest BCUT2D eigenvalue weighted by molar-refractivity contribution is 7.12. The molecule has 2 aromatic heterocycles. The van der Waals surface area contributed by atoms with Crippen LogP contribution in [0, 0.1) is 20.8 Å². The van der Waals surface area contributed by atoms with Crippen molar-refractivity contribution < 1.29 is 26.3 Å². The van der Waals surface area contributed by atoms with Crippen LogP contribution in [0.4, 0.5) is 0 Å². The molecule has 2 rings (SSSR count). The summed E-state index contributed by atoms with van der Waals surface area (Å²) in [6.45, 7) is 6.69. The summed E-state index contributed by atoms with van der Waals surface area (Å²) in [4.78, 5) is 14.1. The molecule has 0 aromatic carbocycles. The highest BCUT2D eigenvalue weighted by Crippen LogP contribution is 2.15. The van der Waals surface area contributed by atoms with Gasteiger partial charge in [0, 0.05) is 13.8 Å². The second-order valence-corrected chi connectivity index (χ2v) is 6.10. The van der Waals surface area contributed by atoms with E-state index in [4.69, 9.17) is 0 Å². The number of Topliss-reactive ketones (excluding diaryl/α,β-unsaturated/α-hetero) is 1. The van der Waals surface area contributed by atoms with E-state index in [1.165, 1.54) is 26.9 Å². The maximum atomic E-state index is 12.0. The van der Waals surface area contributed by atoms with Gasteiger partial charge in [0.2, 0.25) is 17.3 Å². The van der Waals surface area contributed by atoms with Crippen LogP contribution in [0.2, 0.25) is 0 Å². The zero-order valence-electron chi connectivity index (χ0n) is 9.99. The number of carbonyl (C=O) groups is 1. The van der Waals surface area contributed by atoms with E-state index in [-0.39, 0.29) is 22.8 Å². The lowest BCUT2D eigenvalue weighted by molar-refractivity contribution is -0.690. The number of ketones is 1. The molecule has 0 radical (unpaired) electrons. The highest BCUT2D eigenvalue weighted by Gasteiger charge is 2.21. The molecule has 0 atom stereocenters. The molecule has 0 bridgehead atoms. The summed E-state index contributed by atoms with van der Waals surface area (Å²) in [7, 11) is 0. The third-order valence-electron chi connectivity index (χ3n) is 2.69. The number of thiophene rings is 1. The summed E-state index contributed by atoms with van der Waals surface area (Å²) >= 11 is 3.26. The predicted octanol–water partition coefficient (Wildman–Crippen LogP) is -0.0907. The Kier molecular flexibility index (Phi) is 5.04. The molecule has 92 valence electrons. The van der Waals surface area contributed by atoms with Gasteiger partial charge < -0.3 is 17.0 Å². The fourth-order valence-corrected chi connectivity index (χ4v) is 3.33. The number of nitrogens with zero attached hydrogens (tertiary/aromatic N) is 1. The number of aryl methyl sites for hydroxylation is 2. The van der Waals surface area contributed by atoms with Crippen LogP contribution in [-0.2, 0) is 6.54 Å². The lowest BCUT2D eigenvalue weighted by atomic mass is 10.3. The first-order valence-electron chi connectivity index (χ1n) is 5.12. The van der Waals surface area contributed by atoms with Crippen LogP contribution < -0.4 is 21.5 Å². The highest BCUT2D eigenvalue weighted by atomic mass is 79.9. The van der Waals surface area contributed by atoms with Gasteiger partial charge in [0.25, 0.3) is 0 Å². The van der Waals surface area contributed by atoms with E-state index >= 15 is 0 Å².